The van der Waals surface area contributed by atoms with Crippen molar-refractivity contribution in [2.45, 2.75) is 78.3 Å². The van der Waals surface area contributed by atoms with Gasteiger partial charge in [0.2, 0.25) is 0 Å². The monoisotopic (exact) mass is 264 g/mol. The summed E-state index contributed by atoms with van der Waals surface area (Å²) in [6.07, 6.45) is 14.2. The minimum Gasteiger partial charge on any atom is -0.354 e. The summed E-state index contributed by atoms with van der Waals surface area (Å²) >= 11 is 0. The lowest BCUT2D eigenvalue weighted by atomic mass is 10.1. The molecular formula is C17H32N2. The maximum absolute atomic E-state index is 3.46. The highest BCUT2D eigenvalue weighted by atomic mass is 15.0. The molecule has 0 amide bonds. The van der Waals surface area contributed by atoms with Crippen LogP contribution in [0.4, 0.5) is 0 Å². The van der Waals surface area contributed by atoms with E-state index < -0.39 is 0 Å². The van der Waals surface area contributed by atoms with Crippen molar-refractivity contribution in [2.75, 3.05) is 6.54 Å². The standard InChI is InChI=1S/C17H32N2/c1-4-6-7-8-9-10-11-13-19-14-12-17(15-19)16(3)18-5-2/h12,14-16,18H,4-11,13H2,1-3H3. The third-order valence-corrected chi connectivity index (χ3v) is 3.80. The highest BCUT2D eigenvalue weighted by Gasteiger charge is 2.04. The third-order valence-electron chi connectivity index (χ3n) is 3.80. The highest BCUT2D eigenvalue weighted by molar-refractivity contribution is 5.14. The number of unbranched alkanes of at least 4 members (excludes halogenated alkanes) is 6. The van der Waals surface area contributed by atoms with E-state index in [9.17, 15) is 0 Å². The van der Waals surface area contributed by atoms with Gasteiger partial charge >= 0.3 is 0 Å². The van der Waals surface area contributed by atoms with Gasteiger partial charge in [-0.1, -0.05) is 52.4 Å². The van der Waals surface area contributed by atoms with Gasteiger partial charge in [0.25, 0.3) is 0 Å². The first-order chi connectivity index (χ1) is 9.27. The minimum absolute atomic E-state index is 0.472. The van der Waals surface area contributed by atoms with E-state index in [1.54, 1.807) is 0 Å². The Hall–Kier alpha value is -0.760. The zero-order chi connectivity index (χ0) is 13.9. The number of hydrogen-bond donors (Lipinski definition) is 1. The quantitative estimate of drug-likeness (QED) is 0.562. The highest BCUT2D eigenvalue weighted by Crippen LogP contribution is 2.13. The van der Waals surface area contributed by atoms with Gasteiger partial charge in [0.15, 0.2) is 0 Å². The van der Waals surface area contributed by atoms with E-state index in [0.29, 0.717) is 6.04 Å². The van der Waals surface area contributed by atoms with Crippen molar-refractivity contribution in [3.63, 3.8) is 0 Å². The number of aryl methyl sites for hydroxylation is 1. The second-order valence-corrected chi connectivity index (χ2v) is 5.58. The van der Waals surface area contributed by atoms with E-state index >= 15 is 0 Å². The molecule has 0 fully saturated rings. The van der Waals surface area contributed by atoms with Crippen molar-refractivity contribution in [1.82, 2.24) is 9.88 Å². The first kappa shape index (κ1) is 16.3. The summed E-state index contributed by atoms with van der Waals surface area (Å²) in [6.45, 7) is 8.87. The molecule has 1 atom stereocenters. The molecule has 0 bridgehead atoms. The smallest absolute Gasteiger partial charge is 0.0306 e. The molecule has 19 heavy (non-hydrogen) atoms. The Labute approximate surface area is 119 Å². The fourth-order valence-corrected chi connectivity index (χ4v) is 2.53. The van der Waals surface area contributed by atoms with Gasteiger partial charge in [0.05, 0.1) is 0 Å². The molecule has 1 N–H and O–H groups in total. The van der Waals surface area contributed by atoms with Crippen LogP contribution >= 0.6 is 0 Å². The Morgan fingerprint density at radius 2 is 1.74 bits per heavy atom. The Balaban J connectivity index is 2.13. The largest absolute Gasteiger partial charge is 0.354 e. The van der Waals surface area contributed by atoms with E-state index in [1.165, 1.54) is 57.1 Å². The first-order valence-electron chi connectivity index (χ1n) is 8.17. The van der Waals surface area contributed by atoms with Crippen molar-refractivity contribution >= 4 is 0 Å². The van der Waals surface area contributed by atoms with Crippen LogP contribution in [0, 0.1) is 0 Å². The number of rotatable bonds is 11. The van der Waals surface area contributed by atoms with Crippen LogP contribution in [0.2, 0.25) is 0 Å². The molecule has 1 aromatic rings. The molecule has 110 valence electrons. The van der Waals surface area contributed by atoms with E-state index in [1.807, 2.05) is 0 Å². The van der Waals surface area contributed by atoms with Crippen LogP contribution in [0.5, 0.6) is 0 Å². The minimum atomic E-state index is 0.472. The number of nitrogens with zero attached hydrogens (tertiary/aromatic N) is 1. The van der Waals surface area contributed by atoms with Crippen LogP contribution in [-0.4, -0.2) is 11.1 Å². The molecule has 0 aromatic carbocycles. The maximum Gasteiger partial charge on any atom is 0.0306 e. The summed E-state index contributed by atoms with van der Waals surface area (Å²) in [5.41, 5.74) is 1.41. The maximum atomic E-state index is 3.46. The molecule has 0 aliphatic rings. The van der Waals surface area contributed by atoms with Crippen molar-refractivity contribution in [3.05, 3.63) is 24.0 Å². The number of aromatic nitrogens is 1. The zero-order valence-corrected chi connectivity index (χ0v) is 13.1. The molecule has 0 radical (unpaired) electrons. The SMILES string of the molecule is CCCCCCCCCn1ccc(C(C)NCC)c1. The fraction of sp³-hybridized carbons (Fsp3) is 0.765. The molecule has 1 unspecified atom stereocenters. The zero-order valence-electron chi connectivity index (χ0n) is 13.1. The van der Waals surface area contributed by atoms with Crippen LogP contribution in [0.3, 0.4) is 0 Å². The Morgan fingerprint density at radius 1 is 1.05 bits per heavy atom. The second kappa shape index (κ2) is 10.1. The predicted octanol–water partition coefficient (Wildman–Crippen LogP) is 4.91. The molecule has 2 nitrogen and oxygen atoms in total. The van der Waals surface area contributed by atoms with Gasteiger partial charge in [-0.15, -0.1) is 0 Å². The average Bonchev–Trinajstić information content (AvgIpc) is 2.87. The Morgan fingerprint density at radius 3 is 2.42 bits per heavy atom. The summed E-state index contributed by atoms with van der Waals surface area (Å²) in [6, 6.07) is 2.72. The van der Waals surface area contributed by atoms with Crippen molar-refractivity contribution in [3.8, 4) is 0 Å². The van der Waals surface area contributed by atoms with E-state index in [-0.39, 0.29) is 0 Å². The van der Waals surface area contributed by atoms with Crippen LogP contribution < -0.4 is 5.32 Å². The van der Waals surface area contributed by atoms with Gasteiger partial charge in [-0.05, 0) is 31.5 Å². The molecule has 0 aliphatic carbocycles. The van der Waals surface area contributed by atoms with E-state index in [4.69, 9.17) is 0 Å². The molecule has 0 saturated heterocycles. The molecule has 2 heteroatoms. The molecular weight excluding hydrogens is 232 g/mol. The molecule has 0 spiro atoms. The summed E-state index contributed by atoms with van der Waals surface area (Å²) < 4.78 is 2.34. The van der Waals surface area contributed by atoms with Crippen molar-refractivity contribution < 1.29 is 0 Å². The fourth-order valence-electron chi connectivity index (χ4n) is 2.53. The predicted molar refractivity (Wildman–Crippen MR) is 84.5 cm³/mol. The van der Waals surface area contributed by atoms with Crippen LogP contribution in [0.15, 0.2) is 18.5 Å². The van der Waals surface area contributed by atoms with Gasteiger partial charge in [0.1, 0.15) is 0 Å². The first-order valence-corrected chi connectivity index (χ1v) is 8.17. The molecule has 1 heterocycles. The van der Waals surface area contributed by atoms with Crippen molar-refractivity contribution in [2.24, 2.45) is 0 Å². The van der Waals surface area contributed by atoms with Gasteiger partial charge in [-0.25, -0.2) is 0 Å². The van der Waals surface area contributed by atoms with Gasteiger partial charge < -0.3 is 9.88 Å². The Bertz CT molecular complexity index is 317. The van der Waals surface area contributed by atoms with Crippen LogP contribution in [0.25, 0.3) is 0 Å². The lowest BCUT2D eigenvalue weighted by Crippen LogP contribution is -2.17. The van der Waals surface area contributed by atoms with Gasteiger partial charge in [0, 0.05) is 25.0 Å². The second-order valence-electron chi connectivity index (χ2n) is 5.58. The molecule has 1 aromatic heterocycles. The van der Waals surface area contributed by atoms with Gasteiger partial charge in [-0.2, -0.15) is 0 Å². The number of nitrogens with one attached hydrogen (secondary N) is 1. The lowest BCUT2D eigenvalue weighted by molar-refractivity contribution is 0.548. The molecule has 0 aliphatic heterocycles. The van der Waals surface area contributed by atoms with Crippen LogP contribution in [0.1, 0.15) is 77.3 Å². The summed E-state index contributed by atoms with van der Waals surface area (Å²) in [5, 5.41) is 3.46. The van der Waals surface area contributed by atoms with Crippen LogP contribution in [-0.2, 0) is 6.54 Å². The lowest BCUT2D eigenvalue weighted by Gasteiger charge is -2.09. The van der Waals surface area contributed by atoms with Gasteiger partial charge in [-0.3, -0.25) is 0 Å². The summed E-state index contributed by atoms with van der Waals surface area (Å²) in [7, 11) is 0. The molecule has 1 rings (SSSR count). The normalized spacial score (nSPS) is 12.8. The van der Waals surface area contributed by atoms with Crippen molar-refractivity contribution in [1.29, 1.82) is 0 Å². The summed E-state index contributed by atoms with van der Waals surface area (Å²) in [5.74, 6) is 0. The summed E-state index contributed by atoms with van der Waals surface area (Å²) in [4.78, 5) is 0. The topological polar surface area (TPSA) is 17.0 Å². The Kier molecular flexibility index (Phi) is 8.64. The van der Waals surface area contributed by atoms with E-state index in [2.05, 4.69) is 49.1 Å². The number of hydrogen-bond acceptors (Lipinski definition) is 1. The molecule has 0 saturated carbocycles. The average molecular weight is 264 g/mol. The van der Waals surface area contributed by atoms with E-state index in [0.717, 1.165) is 6.54 Å². The third kappa shape index (κ3) is 6.81.